The SMILES string of the molecule is CCC(=O)CN(C)Cc1ccc(C)cc1. The number of Topliss-reactive ketones (excluding diaryl/α,β-unsaturated/α-hetero) is 1. The molecule has 0 spiro atoms. The van der Waals surface area contributed by atoms with Crippen molar-refractivity contribution in [3.63, 3.8) is 0 Å². The highest BCUT2D eigenvalue weighted by molar-refractivity contribution is 5.80. The molecular weight excluding hydrogens is 186 g/mol. The number of nitrogens with zero attached hydrogens (tertiary/aromatic N) is 1. The highest BCUT2D eigenvalue weighted by atomic mass is 16.1. The average molecular weight is 205 g/mol. The van der Waals surface area contributed by atoms with Crippen molar-refractivity contribution in [2.45, 2.75) is 26.8 Å². The van der Waals surface area contributed by atoms with E-state index in [1.165, 1.54) is 11.1 Å². The molecule has 1 aromatic rings. The Bertz CT molecular complexity index is 316. The highest BCUT2D eigenvalue weighted by Crippen LogP contribution is 2.05. The van der Waals surface area contributed by atoms with Gasteiger partial charge in [0.2, 0.25) is 0 Å². The van der Waals surface area contributed by atoms with Crippen LogP contribution in [0.25, 0.3) is 0 Å². The number of aryl methyl sites for hydroxylation is 1. The van der Waals surface area contributed by atoms with E-state index in [0.29, 0.717) is 18.7 Å². The van der Waals surface area contributed by atoms with Gasteiger partial charge in [0.15, 0.2) is 0 Å². The molecule has 0 aliphatic heterocycles. The lowest BCUT2D eigenvalue weighted by Crippen LogP contribution is -2.24. The van der Waals surface area contributed by atoms with Crippen LogP contribution < -0.4 is 0 Å². The van der Waals surface area contributed by atoms with Crippen molar-refractivity contribution in [2.75, 3.05) is 13.6 Å². The maximum absolute atomic E-state index is 11.2. The van der Waals surface area contributed by atoms with E-state index in [9.17, 15) is 4.79 Å². The molecule has 0 aliphatic rings. The topological polar surface area (TPSA) is 20.3 Å². The van der Waals surface area contributed by atoms with Crippen molar-refractivity contribution >= 4 is 5.78 Å². The van der Waals surface area contributed by atoms with Gasteiger partial charge in [-0.2, -0.15) is 0 Å². The summed E-state index contributed by atoms with van der Waals surface area (Å²) in [5.41, 5.74) is 2.53. The van der Waals surface area contributed by atoms with E-state index < -0.39 is 0 Å². The Hall–Kier alpha value is -1.15. The van der Waals surface area contributed by atoms with E-state index in [4.69, 9.17) is 0 Å². The fraction of sp³-hybridized carbons (Fsp3) is 0.462. The fourth-order valence-corrected chi connectivity index (χ4v) is 1.47. The summed E-state index contributed by atoms with van der Waals surface area (Å²) in [7, 11) is 1.98. The molecule has 2 nitrogen and oxygen atoms in total. The highest BCUT2D eigenvalue weighted by Gasteiger charge is 2.04. The molecule has 0 saturated carbocycles. The lowest BCUT2D eigenvalue weighted by atomic mass is 10.1. The van der Waals surface area contributed by atoms with Crippen molar-refractivity contribution in [1.82, 2.24) is 4.90 Å². The molecule has 0 radical (unpaired) electrons. The molecule has 0 heterocycles. The zero-order valence-corrected chi connectivity index (χ0v) is 9.79. The van der Waals surface area contributed by atoms with E-state index in [2.05, 4.69) is 36.1 Å². The number of likely N-dealkylation sites (N-methyl/N-ethyl adjacent to an activating group) is 1. The minimum atomic E-state index is 0.296. The molecule has 0 bridgehead atoms. The summed E-state index contributed by atoms with van der Waals surface area (Å²) < 4.78 is 0. The van der Waals surface area contributed by atoms with Gasteiger partial charge >= 0.3 is 0 Å². The Kier molecular flexibility index (Phi) is 4.50. The van der Waals surface area contributed by atoms with Gasteiger partial charge in [-0.05, 0) is 19.5 Å². The molecule has 0 unspecified atom stereocenters. The summed E-state index contributed by atoms with van der Waals surface area (Å²) in [6.07, 6.45) is 0.623. The quantitative estimate of drug-likeness (QED) is 0.735. The van der Waals surface area contributed by atoms with Gasteiger partial charge in [0.05, 0.1) is 6.54 Å². The summed E-state index contributed by atoms with van der Waals surface area (Å²) in [5, 5.41) is 0. The second-order valence-electron chi connectivity index (χ2n) is 4.05. The molecule has 0 fully saturated rings. The fourth-order valence-electron chi connectivity index (χ4n) is 1.47. The largest absolute Gasteiger partial charge is 0.298 e. The van der Waals surface area contributed by atoms with Crippen LogP contribution in [0.3, 0.4) is 0 Å². The molecule has 0 atom stereocenters. The van der Waals surface area contributed by atoms with Gasteiger partial charge < -0.3 is 0 Å². The minimum Gasteiger partial charge on any atom is -0.298 e. The van der Waals surface area contributed by atoms with Crippen LogP contribution in [0.4, 0.5) is 0 Å². The van der Waals surface area contributed by atoms with Gasteiger partial charge in [-0.15, -0.1) is 0 Å². The molecule has 2 heteroatoms. The van der Waals surface area contributed by atoms with Crippen molar-refractivity contribution in [2.24, 2.45) is 0 Å². The zero-order valence-electron chi connectivity index (χ0n) is 9.79. The molecule has 1 aromatic carbocycles. The molecule has 0 aromatic heterocycles. The number of hydrogen-bond donors (Lipinski definition) is 0. The first-order valence-electron chi connectivity index (χ1n) is 5.37. The van der Waals surface area contributed by atoms with Crippen LogP contribution in [0.1, 0.15) is 24.5 Å². The van der Waals surface area contributed by atoms with Crippen LogP contribution in [0.5, 0.6) is 0 Å². The van der Waals surface area contributed by atoms with E-state index in [1.807, 2.05) is 14.0 Å². The van der Waals surface area contributed by atoms with Crippen LogP contribution in [-0.4, -0.2) is 24.3 Å². The molecular formula is C13H19NO. The van der Waals surface area contributed by atoms with Crippen molar-refractivity contribution in [3.8, 4) is 0 Å². The maximum atomic E-state index is 11.2. The van der Waals surface area contributed by atoms with E-state index in [1.54, 1.807) is 0 Å². The van der Waals surface area contributed by atoms with E-state index in [-0.39, 0.29) is 0 Å². The van der Waals surface area contributed by atoms with E-state index >= 15 is 0 Å². The van der Waals surface area contributed by atoms with Crippen LogP contribution in [0.2, 0.25) is 0 Å². The first-order chi connectivity index (χ1) is 7.11. The van der Waals surface area contributed by atoms with Gasteiger partial charge in [-0.25, -0.2) is 0 Å². The molecule has 1 rings (SSSR count). The van der Waals surface area contributed by atoms with Crippen LogP contribution >= 0.6 is 0 Å². The summed E-state index contributed by atoms with van der Waals surface area (Å²) >= 11 is 0. The number of rotatable bonds is 5. The third-order valence-electron chi connectivity index (χ3n) is 2.41. The van der Waals surface area contributed by atoms with Crippen LogP contribution in [0.15, 0.2) is 24.3 Å². The molecule has 0 saturated heterocycles. The average Bonchev–Trinajstić information content (AvgIpc) is 2.21. The van der Waals surface area contributed by atoms with Crippen LogP contribution in [0, 0.1) is 6.92 Å². The summed E-state index contributed by atoms with van der Waals surface area (Å²) in [6, 6.07) is 8.43. The Labute approximate surface area is 91.9 Å². The summed E-state index contributed by atoms with van der Waals surface area (Å²) in [5.74, 6) is 0.296. The zero-order chi connectivity index (χ0) is 11.3. The number of ketones is 1. The van der Waals surface area contributed by atoms with E-state index in [0.717, 1.165) is 6.54 Å². The van der Waals surface area contributed by atoms with Gasteiger partial charge in [0, 0.05) is 13.0 Å². The Morgan fingerprint density at radius 1 is 1.27 bits per heavy atom. The number of carbonyl (C=O) groups is 1. The third kappa shape index (κ3) is 4.26. The molecule has 82 valence electrons. The maximum Gasteiger partial charge on any atom is 0.146 e. The number of hydrogen-bond acceptors (Lipinski definition) is 2. The molecule has 15 heavy (non-hydrogen) atoms. The first kappa shape index (κ1) is 11.9. The Morgan fingerprint density at radius 3 is 2.40 bits per heavy atom. The lowest BCUT2D eigenvalue weighted by molar-refractivity contribution is -0.119. The second kappa shape index (κ2) is 5.66. The summed E-state index contributed by atoms with van der Waals surface area (Å²) in [4.78, 5) is 13.3. The predicted octanol–water partition coefficient (Wildman–Crippen LogP) is 2.41. The van der Waals surface area contributed by atoms with Crippen LogP contribution in [-0.2, 0) is 11.3 Å². The van der Waals surface area contributed by atoms with Gasteiger partial charge in [-0.1, -0.05) is 36.8 Å². The monoisotopic (exact) mass is 205 g/mol. The number of benzene rings is 1. The molecule has 0 N–H and O–H groups in total. The minimum absolute atomic E-state index is 0.296. The Morgan fingerprint density at radius 2 is 1.87 bits per heavy atom. The van der Waals surface area contributed by atoms with Gasteiger partial charge in [-0.3, -0.25) is 9.69 Å². The van der Waals surface area contributed by atoms with Crippen molar-refractivity contribution in [3.05, 3.63) is 35.4 Å². The lowest BCUT2D eigenvalue weighted by Gasteiger charge is -2.15. The van der Waals surface area contributed by atoms with Crippen molar-refractivity contribution < 1.29 is 4.79 Å². The Balaban J connectivity index is 2.47. The third-order valence-corrected chi connectivity index (χ3v) is 2.41. The predicted molar refractivity (Wildman–Crippen MR) is 62.8 cm³/mol. The second-order valence-corrected chi connectivity index (χ2v) is 4.05. The summed E-state index contributed by atoms with van der Waals surface area (Å²) in [6.45, 7) is 5.37. The number of carbonyl (C=O) groups excluding carboxylic acids is 1. The molecule has 0 amide bonds. The van der Waals surface area contributed by atoms with Crippen molar-refractivity contribution in [1.29, 1.82) is 0 Å². The van der Waals surface area contributed by atoms with Gasteiger partial charge in [0.1, 0.15) is 5.78 Å². The molecule has 0 aliphatic carbocycles. The standard InChI is InChI=1S/C13H19NO/c1-4-13(15)10-14(3)9-12-7-5-11(2)6-8-12/h5-8H,4,9-10H2,1-3H3. The normalized spacial score (nSPS) is 10.7. The van der Waals surface area contributed by atoms with Gasteiger partial charge in [0.25, 0.3) is 0 Å². The first-order valence-corrected chi connectivity index (χ1v) is 5.37. The smallest absolute Gasteiger partial charge is 0.146 e.